The van der Waals surface area contributed by atoms with Gasteiger partial charge in [-0.05, 0) is 50.2 Å². The Morgan fingerprint density at radius 1 is 1.12 bits per heavy atom. The largest absolute Gasteiger partial charge is 0.381 e. The molecule has 2 aliphatic rings. The molecule has 0 saturated carbocycles. The minimum absolute atomic E-state index is 0.00710. The van der Waals surface area contributed by atoms with Crippen LogP contribution in [0.3, 0.4) is 0 Å². The Morgan fingerprint density at radius 3 is 2.62 bits per heavy atom. The van der Waals surface area contributed by atoms with E-state index < -0.39 is 0 Å². The second-order valence-electron chi connectivity index (χ2n) is 8.92. The summed E-state index contributed by atoms with van der Waals surface area (Å²) in [6.45, 7) is 6.04. The lowest BCUT2D eigenvalue weighted by Gasteiger charge is -2.38. The molecular formula is C25H30N4O2S. The van der Waals surface area contributed by atoms with Crippen LogP contribution in [0.2, 0.25) is 0 Å². The van der Waals surface area contributed by atoms with Gasteiger partial charge in [-0.1, -0.05) is 30.3 Å². The predicted octanol–water partition coefficient (Wildman–Crippen LogP) is 4.79. The molecule has 0 unspecified atom stereocenters. The number of aryl methyl sites for hydroxylation is 1. The molecule has 2 aliphatic heterocycles. The van der Waals surface area contributed by atoms with E-state index in [-0.39, 0.29) is 11.3 Å². The summed E-state index contributed by atoms with van der Waals surface area (Å²) in [5.74, 6) is 0.963. The van der Waals surface area contributed by atoms with E-state index >= 15 is 0 Å². The Hall–Kier alpha value is -2.51. The number of rotatable bonds is 5. The quantitative estimate of drug-likeness (QED) is 0.606. The maximum Gasteiger partial charge on any atom is 0.264 e. The Morgan fingerprint density at radius 2 is 1.88 bits per heavy atom. The fourth-order valence-electron chi connectivity index (χ4n) is 5.02. The maximum absolute atomic E-state index is 13.2. The molecule has 4 heterocycles. The van der Waals surface area contributed by atoms with E-state index in [2.05, 4.69) is 45.6 Å². The van der Waals surface area contributed by atoms with E-state index in [4.69, 9.17) is 4.74 Å². The Labute approximate surface area is 193 Å². The van der Waals surface area contributed by atoms with Crippen LogP contribution in [-0.4, -0.2) is 53.6 Å². The van der Waals surface area contributed by atoms with Gasteiger partial charge in [0, 0.05) is 38.3 Å². The van der Waals surface area contributed by atoms with Crippen molar-refractivity contribution in [1.29, 1.82) is 0 Å². The van der Waals surface area contributed by atoms with Crippen molar-refractivity contribution in [2.24, 2.45) is 0 Å². The molecular weight excluding hydrogens is 420 g/mol. The highest BCUT2D eigenvalue weighted by Crippen LogP contribution is 2.38. The van der Waals surface area contributed by atoms with Crippen molar-refractivity contribution in [2.45, 2.75) is 44.4 Å². The summed E-state index contributed by atoms with van der Waals surface area (Å²) in [5.41, 5.74) is 2.33. The van der Waals surface area contributed by atoms with E-state index in [0.29, 0.717) is 0 Å². The van der Waals surface area contributed by atoms with Gasteiger partial charge in [-0.25, -0.2) is 9.97 Å². The van der Waals surface area contributed by atoms with Crippen molar-refractivity contribution in [1.82, 2.24) is 14.9 Å². The number of nitrogens with zero attached hydrogens (tertiary/aromatic N) is 3. The van der Waals surface area contributed by atoms with Crippen LogP contribution in [0, 0.1) is 6.92 Å². The summed E-state index contributed by atoms with van der Waals surface area (Å²) in [7, 11) is 0. The van der Waals surface area contributed by atoms with Gasteiger partial charge in [-0.15, -0.1) is 11.3 Å². The molecule has 0 bridgehead atoms. The van der Waals surface area contributed by atoms with Crippen LogP contribution >= 0.6 is 11.3 Å². The molecule has 0 radical (unpaired) electrons. The van der Waals surface area contributed by atoms with E-state index in [1.54, 1.807) is 6.33 Å². The molecule has 2 aromatic heterocycles. The first kappa shape index (κ1) is 21.3. The van der Waals surface area contributed by atoms with Crippen LogP contribution in [0.4, 0.5) is 5.82 Å². The second kappa shape index (κ2) is 9.16. The van der Waals surface area contributed by atoms with Gasteiger partial charge >= 0.3 is 0 Å². The Balaban J connectivity index is 1.44. The minimum Gasteiger partial charge on any atom is -0.381 e. The van der Waals surface area contributed by atoms with Gasteiger partial charge in [0.1, 0.15) is 17.0 Å². The fourth-order valence-corrected chi connectivity index (χ4v) is 6.14. The molecule has 1 aromatic carbocycles. The summed E-state index contributed by atoms with van der Waals surface area (Å²) in [4.78, 5) is 26.0. The van der Waals surface area contributed by atoms with E-state index in [1.807, 2.05) is 11.8 Å². The lowest BCUT2D eigenvalue weighted by atomic mass is 9.74. The molecule has 0 aliphatic carbocycles. The average Bonchev–Trinajstić information content (AvgIpc) is 3.21. The summed E-state index contributed by atoms with van der Waals surface area (Å²) in [6.07, 6.45) is 6.94. The van der Waals surface area contributed by atoms with Gasteiger partial charge in [0.2, 0.25) is 0 Å². The van der Waals surface area contributed by atoms with Crippen LogP contribution in [0.1, 0.15) is 52.9 Å². The third-order valence-electron chi connectivity index (χ3n) is 6.99. The molecule has 0 atom stereocenters. The summed E-state index contributed by atoms with van der Waals surface area (Å²) < 4.78 is 5.68. The third-order valence-corrected chi connectivity index (χ3v) is 8.18. The number of ether oxygens (including phenoxy) is 1. The van der Waals surface area contributed by atoms with Crippen LogP contribution in [-0.2, 0) is 10.2 Å². The zero-order valence-electron chi connectivity index (χ0n) is 18.6. The van der Waals surface area contributed by atoms with Crippen LogP contribution < -0.4 is 5.32 Å². The lowest BCUT2D eigenvalue weighted by Crippen LogP contribution is -2.40. The number of carbonyl (C=O) groups excluding carboxylic acids is 1. The number of hydrogen-bond acceptors (Lipinski definition) is 6. The van der Waals surface area contributed by atoms with Crippen molar-refractivity contribution in [3.8, 4) is 0 Å². The second-order valence-corrected chi connectivity index (χ2v) is 9.92. The minimum atomic E-state index is 0.00710. The number of carbonyl (C=O) groups is 1. The molecule has 0 spiro atoms. The Kier molecular flexibility index (Phi) is 6.11. The maximum atomic E-state index is 13.2. The zero-order chi connectivity index (χ0) is 22.0. The first-order chi connectivity index (χ1) is 15.7. The number of amides is 1. The highest BCUT2D eigenvalue weighted by atomic mass is 32.1. The van der Waals surface area contributed by atoms with Gasteiger partial charge in [0.05, 0.1) is 10.3 Å². The van der Waals surface area contributed by atoms with Crippen molar-refractivity contribution in [3.05, 3.63) is 52.7 Å². The summed E-state index contributed by atoms with van der Waals surface area (Å²) in [5, 5.41) is 4.62. The number of nitrogens with one attached hydrogen (secondary N) is 1. The highest BCUT2D eigenvalue weighted by Gasteiger charge is 2.35. The van der Waals surface area contributed by atoms with E-state index in [0.717, 1.165) is 85.0 Å². The molecule has 32 heavy (non-hydrogen) atoms. The van der Waals surface area contributed by atoms with Crippen LogP contribution in [0.25, 0.3) is 10.2 Å². The first-order valence-corrected chi connectivity index (χ1v) is 12.4. The third kappa shape index (κ3) is 3.99. The van der Waals surface area contributed by atoms with Crippen molar-refractivity contribution < 1.29 is 9.53 Å². The molecule has 6 nitrogen and oxygen atoms in total. The van der Waals surface area contributed by atoms with Gasteiger partial charge in [0.15, 0.2) is 0 Å². The molecule has 7 heteroatoms. The van der Waals surface area contributed by atoms with Crippen LogP contribution in [0.5, 0.6) is 0 Å². The molecule has 1 N–H and O–H groups in total. The number of fused-ring (bicyclic) bond motifs is 1. The predicted molar refractivity (Wildman–Crippen MR) is 129 cm³/mol. The van der Waals surface area contributed by atoms with Gasteiger partial charge in [0.25, 0.3) is 5.91 Å². The number of benzene rings is 1. The number of hydrogen-bond donors (Lipinski definition) is 1. The first-order valence-electron chi connectivity index (χ1n) is 11.6. The molecule has 5 rings (SSSR count). The average molecular weight is 451 g/mol. The fraction of sp³-hybridized carbons (Fsp3) is 0.480. The normalized spacial score (nSPS) is 18.6. The number of anilines is 1. The van der Waals surface area contributed by atoms with Gasteiger partial charge in [-0.3, -0.25) is 4.79 Å². The molecule has 168 valence electrons. The summed E-state index contributed by atoms with van der Waals surface area (Å²) >= 11 is 1.49. The molecule has 1 amide bonds. The smallest absolute Gasteiger partial charge is 0.264 e. The lowest BCUT2D eigenvalue weighted by molar-refractivity contribution is 0.0543. The number of aromatic nitrogens is 2. The van der Waals surface area contributed by atoms with E-state index in [1.165, 1.54) is 23.3 Å². The molecule has 3 aromatic rings. The zero-order valence-corrected chi connectivity index (χ0v) is 19.4. The number of likely N-dealkylation sites (tertiary alicyclic amines) is 1. The van der Waals surface area contributed by atoms with Crippen molar-refractivity contribution >= 4 is 33.3 Å². The molecule has 2 saturated heterocycles. The van der Waals surface area contributed by atoms with Gasteiger partial charge < -0.3 is 15.0 Å². The number of piperidine rings is 1. The topological polar surface area (TPSA) is 67.4 Å². The van der Waals surface area contributed by atoms with Crippen molar-refractivity contribution in [2.75, 3.05) is 38.2 Å². The van der Waals surface area contributed by atoms with Crippen LogP contribution in [0.15, 0.2) is 36.7 Å². The Bertz CT molecular complexity index is 1090. The summed E-state index contributed by atoms with van der Waals surface area (Å²) in [6, 6.07) is 10.7. The van der Waals surface area contributed by atoms with E-state index in [9.17, 15) is 4.79 Å². The molecule has 2 fully saturated rings. The monoisotopic (exact) mass is 450 g/mol. The van der Waals surface area contributed by atoms with Gasteiger partial charge in [-0.2, -0.15) is 0 Å². The van der Waals surface area contributed by atoms with Crippen molar-refractivity contribution in [3.63, 3.8) is 0 Å². The highest BCUT2D eigenvalue weighted by molar-refractivity contribution is 7.20. The number of thiophene rings is 1. The standard InChI is InChI=1S/C25H30N4O2S/c1-18-20-22(26-16-25(10-14-31-15-11-25)19-8-4-2-5-9-19)27-17-28-23(20)32-21(18)24(30)29-12-6-3-7-13-29/h2,4-5,8-9,17H,3,6-7,10-16H2,1H3,(H,26,27,28). The SMILES string of the molecule is Cc1c(C(=O)N2CCCCC2)sc2ncnc(NCC3(c4ccccc4)CCOCC3)c12.